The number of rotatable bonds is 6. The molecule has 19 heavy (non-hydrogen) atoms. The number of nitrogens with one attached hydrogen (secondary N) is 1. The summed E-state index contributed by atoms with van der Waals surface area (Å²) in [5.74, 6) is 0.0922. The molecule has 0 bridgehead atoms. The Hall–Kier alpha value is -0.860. The van der Waals surface area contributed by atoms with Gasteiger partial charge in [-0.1, -0.05) is 0 Å². The molecular weight excluding hydrogens is 286 g/mol. The van der Waals surface area contributed by atoms with Gasteiger partial charge in [-0.15, -0.1) is 0 Å². The molecule has 0 aliphatic heterocycles. The van der Waals surface area contributed by atoms with Gasteiger partial charge >= 0.3 is 0 Å². The number of nitrogens with two attached hydrogens (primary N) is 1. The zero-order valence-electron chi connectivity index (χ0n) is 11.3. The van der Waals surface area contributed by atoms with E-state index in [-0.39, 0.29) is 21.6 Å². The molecule has 1 heterocycles. The van der Waals surface area contributed by atoms with Crippen LogP contribution in [0.5, 0.6) is 0 Å². The van der Waals surface area contributed by atoms with E-state index in [0.29, 0.717) is 24.4 Å². The van der Waals surface area contributed by atoms with Crippen molar-refractivity contribution in [3.63, 3.8) is 0 Å². The van der Waals surface area contributed by atoms with E-state index >= 15 is 0 Å². The van der Waals surface area contributed by atoms with Gasteiger partial charge in [-0.3, -0.25) is 0 Å². The van der Waals surface area contributed by atoms with Crippen LogP contribution in [0.15, 0.2) is 4.90 Å². The highest BCUT2D eigenvalue weighted by Gasteiger charge is 2.40. The fraction of sp³-hybridized carbons (Fsp3) is 0.727. The number of sulfone groups is 1. The molecule has 1 aliphatic carbocycles. The predicted octanol–water partition coefficient (Wildman–Crippen LogP) is 1.50. The molecule has 1 saturated carbocycles. The summed E-state index contributed by atoms with van der Waals surface area (Å²) in [4.78, 5) is 0.159. The van der Waals surface area contributed by atoms with Crippen LogP contribution in [0.3, 0.4) is 0 Å². The van der Waals surface area contributed by atoms with Crippen LogP contribution in [-0.2, 0) is 14.6 Å². The smallest absolute Gasteiger partial charge is 0.187 e. The zero-order valence-corrected chi connectivity index (χ0v) is 12.9. The lowest BCUT2D eigenvalue weighted by Gasteiger charge is -2.23. The van der Waals surface area contributed by atoms with Crippen molar-refractivity contribution in [3.05, 3.63) is 0 Å². The SMILES string of the molecule is COC(C)(C)CNc1snc(N)c1S(=O)(=O)C1CC1. The maximum atomic E-state index is 12.3. The van der Waals surface area contributed by atoms with Gasteiger partial charge in [0.25, 0.3) is 0 Å². The third-order valence-corrected chi connectivity index (χ3v) is 6.43. The van der Waals surface area contributed by atoms with E-state index in [0.717, 1.165) is 11.5 Å². The van der Waals surface area contributed by atoms with Gasteiger partial charge in [0, 0.05) is 13.7 Å². The lowest BCUT2D eigenvalue weighted by Crippen LogP contribution is -2.32. The van der Waals surface area contributed by atoms with E-state index in [9.17, 15) is 8.42 Å². The van der Waals surface area contributed by atoms with Gasteiger partial charge in [-0.05, 0) is 38.2 Å². The van der Waals surface area contributed by atoms with Crippen molar-refractivity contribution in [3.8, 4) is 0 Å². The summed E-state index contributed by atoms with van der Waals surface area (Å²) in [6, 6.07) is 0. The molecule has 0 spiro atoms. The zero-order chi connectivity index (χ0) is 14.3. The summed E-state index contributed by atoms with van der Waals surface area (Å²) in [7, 11) is -1.72. The number of aromatic nitrogens is 1. The molecule has 1 aromatic rings. The van der Waals surface area contributed by atoms with Gasteiger partial charge in [0.1, 0.15) is 9.90 Å². The minimum absolute atomic E-state index is 0.0922. The lowest BCUT2D eigenvalue weighted by molar-refractivity contribution is 0.0344. The van der Waals surface area contributed by atoms with Crippen molar-refractivity contribution in [1.82, 2.24) is 4.37 Å². The molecule has 1 aromatic heterocycles. The van der Waals surface area contributed by atoms with Crippen molar-refractivity contribution in [2.75, 3.05) is 24.7 Å². The Bertz CT molecular complexity index is 562. The van der Waals surface area contributed by atoms with Crippen LogP contribution in [-0.4, -0.2) is 37.3 Å². The fourth-order valence-electron chi connectivity index (χ4n) is 1.59. The summed E-state index contributed by atoms with van der Waals surface area (Å²) in [6.07, 6.45) is 1.42. The number of anilines is 2. The second kappa shape index (κ2) is 4.92. The maximum absolute atomic E-state index is 12.3. The summed E-state index contributed by atoms with van der Waals surface area (Å²) in [5.41, 5.74) is 5.32. The van der Waals surface area contributed by atoms with Crippen molar-refractivity contribution in [2.24, 2.45) is 0 Å². The average molecular weight is 305 g/mol. The fourth-order valence-corrected chi connectivity index (χ4v) is 4.47. The molecule has 8 heteroatoms. The second-order valence-corrected chi connectivity index (χ2v) is 8.23. The van der Waals surface area contributed by atoms with Crippen LogP contribution < -0.4 is 11.1 Å². The Morgan fingerprint density at radius 1 is 1.53 bits per heavy atom. The van der Waals surface area contributed by atoms with Crippen molar-refractivity contribution < 1.29 is 13.2 Å². The number of nitrogen functional groups attached to an aromatic ring is 1. The molecule has 3 N–H and O–H groups in total. The van der Waals surface area contributed by atoms with Crippen LogP contribution in [0.1, 0.15) is 26.7 Å². The Kier molecular flexibility index (Phi) is 3.76. The number of ether oxygens (including phenoxy) is 1. The summed E-state index contributed by atoms with van der Waals surface area (Å²) in [6.45, 7) is 4.32. The Labute approximate surface area is 117 Å². The first kappa shape index (κ1) is 14.5. The van der Waals surface area contributed by atoms with E-state index < -0.39 is 9.84 Å². The molecular formula is C11H19N3O3S2. The van der Waals surface area contributed by atoms with E-state index in [1.165, 1.54) is 0 Å². The highest BCUT2D eigenvalue weighted by molar-refractivity contribution is 7.92. The molecule has 1 aliphatic rings. The molecule has 0 saturated heterocycles. The summed E-state index contributed by atoms with van der Waals surface area (Å²) in [5, 5.41) is 3.31. The van der Waals surface area contributed by atoms with Gasteiger partial charge in [0.15, 0.2) is 15.7 Å². The van der Waals surface area contributed by atoms with Crippen molar-refractivity contribution >= 4 is 32.2 Å². The lowest BCUT2D eigenvalue weighted by atomic mass is 10.1. The third kappa shape index (κ3) is 3.01. The first-order valence-electron chi connectivity index (χ1n) is 6.06. The van der Waals surface area contributed by atoms with Gasteiger partial charge in [-0.25, -0.2) is 8.42 Å². The predicted molar refractivity (Wildman–Crippen MR) is 76.3 cm³/mol. The van der Waals surface area contributed by atoms with Gasteiger partial charge in [0.2, 0.25) is 0 Å². The minimum Gasteiger partial charge on any atom is -0.382 e. The Balaban J connectivity index is 2.23. The molecule has 6 nitrogen and oxygen atoms in total. The molecule has 108 valence electrons. The summed E-state index contributed by atoms with van der Waals surface area (Å²) >= 11 is 1.08. The topological polar surface area (TPSA) is 94.3 Å². The van der Waals surface area contributed by atoms with Gasteiger partial charge in [-0.2, -0.15) is 4.37 Å². The Morgan fingerprint density at radius 3 is 2.68 bits per heavy atom. The van der Waals surface area contributed by atoms with E-state index in [2.05, 4.69) is 9.69 Å². The molecule has 0 unspecified atom stereocenters. The van der Waals surface area contributed by atoms with Crippen LogP contribution in [0, 0.1) is 0 Å². The van der Waals surface area contributed by atoms with Crippen molar-refractivity contribution in [1.29, 1.82) is 0 Å². The molecule has 2 rings (SSSR count). The Morgan fingerprint density at radius 2 is 2.16 bits per heavy atom. The normalized spacial score (nSPS) is 16.6. The van der Waals surface area contributed by atoms with Crippen LogP contribution in [0.4, 0.5) is 10.8 Å². The van der Waals surface area contributed by atoms with Crippen LogP contribution in [0.2, 0.25) is 0 Å². The summed E-state index contributed by atoms with van der Waals surface area (Å²) < 4.78 is 33.9. The largest absolute Gasteiger partial charge is 0.382 e. The van der Waals surface area contributed by atoms with Gasteiger partial charge in [0.05, 0.1) is 10.9 Å². The standard InChI is InChI=1S/C11H19N3O3S2/c1-11(2,17-3)6-13-10-8(9(12)14-18-10)19(15,16)7-4-5-7/h7,13H,4-6H2,1-3H3,(H2,12,14). The third-order valence-electron chi connectivity index (χ3n) is 3.15. The van der Waals surface area contributed by atoms with Crippen molar-refractivity contribution in [2.45, 2.75) is 42.4 Å². The first-order valence-corrected chi connectivity index (χ1v) is 8.38. The quantitative estimate of drug-likeness (QED) is 0.827. The minimum atomic E-state index is -3.34. The number of hydrogen-bond acceptors (Lipinski definition) is 7. The van der Waals surface area contributed by atoms with Gasteiger partial charge < -0.3 is 15.8 Å². The number of hydrogen-bond donors (Lipinski definition) is 2. The van der Waals surface area contributed by atoms with E-state index in [1.807, 2.05) is 13.8 Å². The van der Waals surface area contributed by atoms with Crippen LogP contribution in [0.25, 0.3) is 0 Å². The highest BCUT2D eigenvalue weighted by Crippen LogP contribution is 2.41. The highest BCUT2D eigenvalue weighted by atomic mass is 32.2. The second-order valence-electron chi connectivity index (χ2n) is 5.29. The molecule has 0 amide bonds. The number of nitrogens with zero attached hydrogens (tertiary/aromatic N) is 1. The number of methoxy groups -OCH3 is 1. The average Bonchev–Trinajstić information content (AvgIpc) is 3.12. The molecule has 0 aromatic carbocycles. The maximum Gasteiger partial charge on any atom is 0.187 e. The van der Waals surface area contributed by atoms with E-state index in [4.69, 9.17) is 10.5 Å². The van der Waals surface area contributed by atoms with Crippen LogP contribution >= 0.6 is 11.5 Å². The molecule has 0 radical (unpaired) electrons. The molecule has 1 fully saturated rings. The molecule has 0 atom stereocenters. The monoisotopic (exact) mass is 305 g/mol. The first-order chi connectivity index (χ1) is 8.78. The van der Waals surface area contributed by atoms with E-state index in [1.54, 1.807) is 7.11 Å².